The zero-order valence-electron chi connectivity index (χ0n) is 13.3. The summed E-state index contributed by atoms with van der Waals surface area (Å²) in [7, 11) is 1.85. The smallest absolute Gasteiger partial charge is 0.144 e. The van der Waals surface area contributed by atoms with Crippen molar-refractivity contribution in [2.45, 2.75) is 58.3 Å². The molecule has 3 nitrogen and oxygen atoms in total. The third kappa shape index (κ3) is 7.68. The Morgan fingerprint density at radius 3 is 2.00 bits per heavy atom. The van der Waals surface area contributed by atoms with E-state index in [2.05, 4.69) is 38.2 Å². The van der Waals surface area contributed by atoms with Crippen LogP contribution in [0.4, 0.5) is 0 Å². The van der Waals surface area contributed by atoms with E-state index in [-0.39, 0.29) is 5.41 Å². The van der Waals surface area contributed by atoms with Gasteiger partial charge in [0.25, 0.3) is 0 Å². The van der Waals surface area contributed by atoms with E-state index in [1.807, 2.05) is 13.8 Å². The molecule has 18 heavy (non-hydrogen) atoms. The summed E-state index contributed by atoms with van der Waals surface area (Å²) >= 11 is 0. The molecule has 0 saturated heterocycles. The number of hydrogen-bond acceptors (Lipinski definition) is 3. The van der Waals surface area contributed by atoms with Crippen molar-refractivity contribution in [3.63, 3.8) is 0 Å². The lowest BCUT2D eigenvalue weighted by Crippen LogP contribution is -2.44. The molecule has 0 rings (SSSR count). The molecule has 0 aromatic carbocycles. The van der Waals surface area contributed by atoms with Gasteiger partial charge in [0, 0.05) is 13.2 Å². The van der Waals surface area contributed by atoms with Crippen LogP contribution in [0, 0.1) is 0 Å². The van der Waals surface area contributed by atoms with Gasteiger partial charge in [-0.25, -0.2) is 0 Å². The van der Waals surface area contributed by atoms with E-state index in [4.69, 9.17) is 9.47 Å². The Morgan fingerprint density at radius 1 is 1.11 bits per heavy atom. The fraction of sp³-hybridized carbons (Fsp3) is 1.00. The zero-order valence-corrected chi connectivity index (χ0v) is 15.3. The van der Waals surface area contributed by atoms with Crippen LogP contribution in [-0.2, 0) is 9.47 Å². The second-order valence-corrected chi connectivity index (χ2v) is 12.6. The monoisotopic (exact) mass is 289 g/mol. The minimum absolute atomic E-state index is 0.360. The van der Waals surface area contributed by atoms with E-state index in [1.165, 1.54) is 19.0 Å². The molecule has 0 heterocycles. The van der Waals surface area contributed by atoms with Gasteiger partial charge in [-0.1, -0.05) is 25.7 Å². The van der Waals surface area contributed by atoms with Gasteiger partial charge in [0.05, 0.1) is 0 Å². The average Bonchev–Trinajstić information content (AvgIpc) is 2.23. The van der Waals surface area contributed by atoms with Crippen molar-refractivity contribution >= 4 is 17.8 Å². The molecular formula is C13H31NO2Si2. The predicted octanol–water partition coefficient (Wildman–Crippen LogP) is 3.01. The van der Waals surface area contributed by atoms with E-state index in [0.717, 1.165) is 22.7 Å². The average molecular weight is 290 g/mol. The summed E-state index contributed by atoms with van der Waals surface area (Å²) in [4.78, 5) is 0. The first-order chi connectivity index (χ1) is 8.25. The molecule has 108 valence electrons. The molecule has 0 bridgehead atoms. The van der Waals surface area contributed by atoms with Gasteiger partial charge in [-0.3, -0.25) is 0 Å². The van der Waals surface area contributed by atoms with E-state index >= 15 is 0 Å². The maximum Gasteiger partial charge on any atom is 0.144 e. The van der Waals surface area contributed by atoms with Gasteiger partial charge >= 0.3 is 0 Å². The Labute approximate surface area is 117 Å². The third-order valence-electron chi connectivity index (χ3n) is 3.10. The second-order valence-electron chi connectivity index (χ2n) is 5.68. The fourth-order valence-electron chi connectivity index (χ4n) is 1.66. The van der Waals surface area contributed by atoms with Gasteiger partial charge in [0.1, 0.15) is 23.2 Å². The van der Waals surface area contributed by atoms with Gasteiger partial charge < -0.3 is 14.0 Å². The van der Waals surface area contributed by atoms with Crippen molar-refractivity contribution in [3.8, 4) is 0 Å². The molecule has 0 aromatic heterocycles. The van der Waals surface area contributed by atoms with Crippen LogP contribution in [0.15, 0.2) is 0 Å². The second kappa shape index (κ2) is 8.48. The van der Waals surface area contributed by atoms with Crippen molar-refractivity contribution in [2.24, 2.45) is 0 Å². The van der Waals surface area contributed by atoms with Gasteiger partial charge in [-0.2, -0.15) is 0 Å². The lowest BCUT2D eigenvalue weighted by atomic mass is 10.5. The zero-order chi connectivity index (χ0) is 14.2. The van der Waals surface area contributed by atoms with Gasteiger partial charge in [0.15, 0.2) is 0 Å². The van der Waals surface area contributed by atoms with Crippen LogP contribution >= 0.6 is 0 Å². The topological polar surface area (TPSA) is 21.7 Å². The van der Waals surface area contributed by atoms with Crippen molar-refractivity contribution in [3.05, 3.63) is 0 Å². The van der Waals surface area contributed by atoms with Crippen molar-refractivity contribution in [1.82, 2.24) is 4.57 Å². The molecule has 0 N–H and O–H groups in total. The van der Waals surface area contributed by atoms with E-state index in [0.29, 0.717) is 0 Å². The van der Waals surface area contributed by atoms with E-state index in [9.17, 15) is 0 Å². The summed E-state index contributed by atoms with van der Waals surface area (Å²) in [5.74, 6) is 0. The summed E-state index contributed by atoms with van der Waals surface area (Å²) in [5.41, 5.74) is -0.360. The first kappa shape index (κ1) is 18.3. The Hall–Kier alpha value is 0.314. The highest BCUT2D eigenvalue weighted by molar-refractivity contribution is 6.73. The van der Waals surface area contributed by atoms with E-state index in [1.54, 1.807) is 0 Å². The van der Waals surface area contributed by atoms with Gasteiger partial charge in [0.2, 0.25) is 0 Å². The summed E-state index contributed by atoms with van der Waals surface area (Å²) in [6.45, 7) is 15.9. The summed E-state index contributed by atoms with van der Waals surface area (Å²) in [6, 6.07) is 1.19. The van der Waals surface area contributed by atoms with Crippen molar-refractivity contribution in [1.29, 1.82) is 0 Å². The molecular weight excluding hydrogens is 258 g/mol. The van der Waals surface area contributed by atoms with Crippen LogP contribution in [-0.4, -0.2) is 54.5 Å². The third-order valence-corrected chi connectivity index (χ3v) is 7.15. The number of hydrogen-bond donors (Lipinski definition) is 0. The Bertz CT molecular complexity index is 214. The normalized spacial score (nSPS) is 13.3. The molecule has 0 amide bonds. The maximum atomic E-state index is 5.73. The van der Waals surface area contributed by atoms with Crippen LogP contribution < -0.4 is 0 Å². The maximum absolute atomic E-state index is 5.73. The predicted molar refractivity (Wildman–Crippen MR) is 82.8 cm³/mol. The molecule has 0 aliphatic heterocycles. The number of ether oxygens (including phenoxy) is 2. The lowest BCUT2D eigenvalue weighted by molar-refractivity contribution is -0.163. The number of rotatable bonds is 10. The quantitative estimate of drug-likeness (QED) is 0.350. The van der Waals surface area contributed by atoms with Crippen LogP contribution in [0.2, 0.25) is 25.7 Å². The van der Waals surface area contributed by atoms with Crippen molar-refractivity contribution in [2.75, 3.05) is 26.8 Å². The highest BCUT2D eigenvalue weighted by Gasteiger charge is 2.25. The SMILES string of the molecule is CCOC(C)(OCC)[Si]CCCN(C)[Si](C)(C)C. The molecule has 0 aromatic rings. The van der Waals surface area contributed by atoms with Gasteiger partial charge in [-0.15, -0.1) is 0 Å². The standard InChI is InChI=1S/C13H31NO2Si2/c1-8-15-13(3,16-9-2)17-12-10-11-14(4)18(5,6)7/h8-12H2,1-7H3. The molecule has 5 heteroatoms. The molecule has 0 unspecified atom stereocenters. The van der Waals surface area contributed by atoms with Crippen LogP contribution in [0.3, 0.4) is 0 Å². The highest BCUT2D eigenvalue weighted by atomic mass is 28.3. The Morgan fingerprint density at radius 2 is 1.61 bits per heavy atom. The molecule has 2 radical (unpaired) electrons. The van der Waals surface area contributed by atoms with Crippen molar-refractivity contribution < 1.29 is 9.47 Å². The largest absolute Gasteiger partial charge is 0.355 e. The van der Waals surface area contributed by atoms with Crippen LogP contribution in [0.25, 0.3) is 0 Å². The Kier molecular flexibility index (Phi) is 8.63. The van der Waals surface area contributed by atoms with Gasteiger partial charge in [-0.05, 0) is 40.8 Å². The summed E-state index contributed by atoms with van der Waals surface area (Å²) in [5, 5.41) is 0. The molecule has 0 aliphatic carbocycles. The van der Waals surface area contributed by atoms with Crippen LogP contribution in [0.1, 0.15) is 27.2 Å². The Balaban J connectivity index is 3.93. The number of nitrogens with zero attached hydrogens (tertiary/aromatic N) is 1. The summed E-state index contributed by atoms with van der Waals surface area (Å²) in [6.07, 6.45) is 1.23. The lowest BCUT2D eigenvalue weighted by Gasteiger charge is -2.31. The van der Waals surface area contributed by atoms with Crippen LogP contribution in [0.5, 0.6) is 0 Å². The first-order valence-electron chi connectivity index (χ1n) is 6.99. The fourth-order valence-corrected chi connectivity index (χ4v) is 3.77. The summed E-state index contributed by atoms with van der Waals surface area (Å²) < 4.78 is 14.0. The van der Waals surface area contributed by atoms with E-state index < -0.39 is 8.24 Å². The first-order valence-corrected chi connectivity index (χ1v) is 11.6. The molecule has 0 saturated carbocycles. The minimum atomic E-state index is -1.11. The molecule has 0 aliphatic rings. The molecule has 0 spiro atoms. The minimum Gasteiger partial charge on any atom is -0.355 e. The molecule has 0 fully saturated rings. The molecule has 0 atom stereocenters. The highest BCUT2D eigenvalue weighted by Crippen LogP contribution is 2.14.